The molecule has 13 heavy (non-hydrogen) atoms. The van der Waals surface area contributed by atoms with Crippen LogP contribution >= 0.6 is 11.6 Å². The maximum Gasteiger partial charge on any atom is 0.145 e. The highest BCUT2D eigenvalue weighted by Gasteiger charge is 2.07. The van der Waals surface area contributed by atoms with E-state index in [2.05, 4.69) is 10.3 Å². The van der Waals surface area contributed by atoms with E-state index in [4.69, 9.17) is 11.6 Å². The third-order valence-electron chi connectivity index (χ3n) is 1.76. The Balaban J connectivity index is 2.90. The summed E-state index contributed by atoms with van der Waals surface area (Å²) in [6.45, 7) is 2.07. The standard InChI is InChI=1S/C9H11ClFNO/c1-6-3-4-7(5-12-13-2)8(10)9(6)11/h3-4,12H,5H2,1-2H3. The van der Waals surface area contributed by atoms with Crippen molar-refractivity contribution in [2.45, 2.75) is 13.5 Å². The van der Waals surface area contributed by atoms with Gasteiger partial charge in [-0.2, -0.15) is 5.48 Å². The van der Waals surface area contributed by atoms with Gasteiger partial charge in [0.05, 0.1) is 12.1 Å². The zero-order chi connectivity index (χ0) is 9.84. The average Bonchev–Trinajstić information content (AvgIpc) is 2.13. The van der Waals surface area contributed by atoms with Gasteiger partial charge in [-0.05, 0) is 18.1 Å². The highest BCUT2D eigenvalue weighted by atomic mass is 35.5. The van der Waals surface area contributed by atoms with Crippen LogP contribution in [0.15, 0.2) is 12.1 Å². The Labute approximate surface area is 81.6 Å². The lowest BCUT2D eigenvalue weighted by molar-refractivity contribution is 0.0867. The first kappa shape index (κ1) is 10.4. The van der Waals surface area contributed by atoms with Crippen LogP contribution in [-0.4, -0.2) is 7.11 Å². The smallest absolute Gasteiger partial charge is 0.145 e. The summed E-state index contributed by atoms with van der Waals surface area (Å²) in [5, 5.41) is 0.157. The van der Waals surface area contributed by atoms with Crippen molar-refractivity contribution in [3.05, 3.63) is 34.1 Å². The molecule has 0 bridgehead atoms. The van der Waals surface area contributed by atoms with Crippen LogP contribution in [-0.2, 0) is 11.4 Å². The SMILES string of the molecule is CONCc1ccc(C)c(F)c1Cl. The van der Waals surface area contributed by atoms with E-state index in [-0.39, 0.29) is 10.8 Å². The number of hydrogen-bond donors (Lipinski definition) is 1. The summed E-state index contributed by atoms with van der Waals surface area (Å²) in [7, 11) is 1.50. The zero-order valence-corrected chi connectivity index (χ0v) is 8.28. The molecule has 0 unspecified atom stereocenters. The fourth-order valence-corrected chi connectivity index (χ4v) is 1.25. The number of aryl methyl sites for hydroxylation is 1. The van der Waals surface area contributed by atoms with E-state index in [0.29, 0.717) is 17.7 Å². The van der Waals surface area contributed by atoms with E-state index in [1.807, 2.05) is 0 Å². The molecule has 0 aliphatic carbocycles. The summed E-state index contributed by atoms with van der Waals surface area (Å²) in [5.74, 6) is -0.364. The summed E-state index contributed by atoms with van der Waals surface area (Å²) >= 11 is 5.76. The first-order chi connectivity index (χ1) is 6.16. The molecule has 0 fully saturated rings. The minimum Gasteiger partial charge on any atom is -0.305 e. The van der Waals surface area contributed by atoms with Crippen molar-refractivity contribution < 1.29 is 9.23 Å². The lowest BCUT2D eigenvalue weighted by Gasteiger charge is -2.06. The van der Waals surface area contributed by atoms with Gasteiger partial charge in [0.15, 0.2) is 0 Å². The third-order valence-corrected chi connectivity index (χ3v) is 2.17. The molecule has 0 amide bonds. The number of benzene rings is 1. The molecule has 72 valence electrons. The van der Waals surface area contributed by atoms with Crippen LogP contribution in [0, 0.1) is 12.7 Å². The second kappa shape index (κ2) is 4.56. The molecule has 1 rings (SSSR count). The number of halogens is 2. The minimum absolute atomic E-state index is 0.157. The summed E-state index contributed by atoms with van der Waals surface area (Å²) in [6.07, 6.45) is 0. The Morgan fingerprint density at radius 2 is 2.23 bits per heavy atom. The minimum atomic E-state index is -0.364. The van der Waals surface area contributed by atoms with E-state index < -0.39 is 0 Å². The summed E-state index contributed by atoms with van der Waals surface area (Å²) < 4.78 is 13.2. The molecule has 0 aromatic heterocycles. The highest BCUT2D eigenvalue weighted by Crippen LogP contribution is 2.22. The van der Waals surface area contributed by atoms with Gasteiger partial charge in [0.2, 0.25) is 0 Å². The fourth-order valence-electron chi connectivity index (χ4n) is 0.972. The van der Waals surface area contributed by atoms with E-state index in [9.17, 15) is 4.39 Å². The van der Waals surface area contributed by atoms with Crippen LogP contribution in [0.1, 0.15) is 11.1 Å². The molecule has 0 aliphatic rings. The van der Waals surface area contributed by atoms with Gasteiger partial charge in [0, 0.05) is 6.54 Å². The van der Waals surface area contributed by atoms with Crippen molar-refractivity contribution >= 4 is 11.6 Å². The molecule has 1 aromatic rings. The molecule has 0 saturated heterocycles. The lowest BCUT2D eigenvalue weighted by Crippen LogP contribution is -2.11. The van der Waals surface area contributed by atoms with Crippen molar-refractivity contribution in [1.29, 1.82) is 0 Å². The molecule has 4 heteroatoms. The predicted molar refractivity (Wildman–Crippen MR) is 50.0 cm³/mol. The zero-order valence-electron chi connectivity index (χ0n) is 7.53. The molecule has 0 saturated carbocycles. The number of rotatable bonds is 3. The van der Waals surface area contributed by atoms with Crippen molar-refractivity contribution in [3.63, 3.8) is 0 Å². The second-order valence-corrected chi connectivity index (χ2v) is 3.07. The Morgan fingerprint density at radius 3 is 2.85 bits per heavy atom. The monoisotopic (exact) mass is 203 g/mol. The Morgan fingerprint density at radius 1 is 1.54 bits per heavy atom. The van der Waals surface area contributed by atoms with Crippen LogP contribution in [0.25, 0.3) is 0 Å². The van der Waals surface area contributed by atoms with Gasteiger partial charge in [0.1, 0.15) is 5.82 Å². The molecule has 1 N–H and O–H groups in total. The lowest BCUT2D eigenvalue weighted by atomic mass is 10.1. The molecular formula is C9H11ClFNO. The highest BCUT2D eigenvalue weighted by molar-refractivity contribution is 6.31. The predicted octanol–water partition coefficient (Wildman–Crippen LogP) is 2.44. The van der Waals surface area contributed by atoms with E-state index in [0.717, 1.165) is 0 Å². The van der Waals surface area contributed by atoms with Crippen molar-refractivity contribution in [2.24, 2.45) is 0 Å². The van der Waals surface area contributed by atoms with Crippen molar-refractivity contribution in [2.75, 3.05) is 7.11 Å². The van der Waals surface area contributed by atoms with Crippen LogP contribution < -0.4 is 5.48 Å². The van der Waals surface area contributed by atoms with Gasteiger partial charge < -0.3 is 4.84 Å². The maximum absolute atomic E-state index is 13.2. The quantitative estimate of drug-likeness (QED) is 0.762. The van der Waals surface area contributed by atoms with Crippen molar-refractivity contribution in [1.82, 2.24) is 5.48 Å². The van der Waals surface area contributed by atoms with Gasteiger partial charge in [0.25, 0.3) is 0 Å². The molecule has 0 atom stereocenters. The Bertz CT molecular complexity index is 304. The maximum atomic E-state index is 13.2. The summed E-state index contributed by atoms with van der Waals surface area (Å²) in [5.41, 5.74) is 3.84. The van der Waals surface area contributed by atoms with Gasteiger partial charge in [-0.3, -0.25) is 0 Å². The normalized spacial score (nSPS) is 10.5. The first-order valence-corrected chi connectivity index (χ1v) is 4.24. The van der Waals surface area contributed by atoms with Crippen LogP contribution in [0.3, 0.4) is 0 Å². The number of hydrogen-bond acceptors (Lipinski definition) is 2. The topological polar surface area (TPSA) is 21.3 Å². The average molecular weight is 204 g/mol. The summed E-state index contributed by atoms with van der Waals surface area (Å²) in [6, 6.07) is 3.46. The molecule has 1 aromatic carbocycles. The molecule has 0 spiro atoms. The molecule has 0 radical (unpaired) electrons. The van der Waals surface area contributed by atoms with Gasteiger partial charge in [-0.1, -0.05) is 23.7 Å². The largest absolute Gasteiger partial charge is 0.305 e. The molecule has 0 heterocycles. The van der Waals surface area contributed by atoms with E-state index >= 15 is 0 Å². The van der Waals surface area contributed by atoms with Crippen molar-refractivity contribution in [3.8, 4) is 0 Å². The number of nitrogens with one attached hydrogen (secondary N) is 1. The van der Waals surface area contributed by atoms with Gasteiger partial charge in [-0.25, -0.2) is 4.39 Å². The third kappa shape index (κ3) is 2.40. The van der Waals surface area contributed by atoms with Crippen LogP contribution in [0.2, 0.25) is 5.02 Å². The van der Waals surface area contributed by atoms with E-state index in [1.54, 1.807) is 19.1 Å². The summed E-state index contributed by atoms with van der Waals surface area (Å²) in [4.78, 5) is 4.64. The molecule has 2 nitrogen and oxygen atoms in total. The van der Waals surface area contributed by atoms with E-state index in [1.165, 1.54) is 7.11 Å². The molecular weight excluding hydrogens is 193 g/mol. The number of hydroxylamine groups is 1. The fraction of sp³-hybridized carbons (Fsp3) is 0.333. The second-order valence-electron chi connectivity index (χ2n) is 2.69. The van der Waals surface area contributed by atoms with Gasteiger partial charge in [-0.15, -0.1) is 0 Å². The Kier molecular flexibility index (Phi) is 3.66. The van der Waals surface area contributed by atoms with Gasteiger partial charge >= 0.3 is 0 Å². The first-order valence-electron chi connectivity index (χ1n) is 3.86. The molecule has 0 aliphatic heterocycles. The van der Waals surface area contributed by atoms with Crippen LogP contribution in [0.5, 0.6) is 0 Å². The Hall–Kier alpha value is -0.640. The van der Waals surface area contributed by atoms with Crippen LogP contribution in [0.4, 0.5) is 4.39 Å².